The van der Waals surface area contributed by atoms with Gasteiger partial charge >= 0.3 is 0 Å². The lowest BCUT2D eigenvalue weighted by molar-refractivity contribution is -0.116. The summed E-state index contributed by atoms with van der Waals surface area (Å²) in [6, 6.07) is 15.5. The summed E-state index contributed by atoms with van der Waals surface area (Å²) in [4.78, 5) is 15.9. The molecule has 1 amide bonds. The highest BCUT2D eigenvalue weighted by Crippen LogP contribution is 2.26. The summed E-state index contributed by atoms with van der Waals surface area (Å²) in [7, 11) is 0. The number of benzene rings is 2. The third kappa shape index (κ3) is 4.36. The molecule has 0 aliphatic heterocycles. The second kappa shape index (κ2) is 7.66. The van der Waals surface area contributed by atoms with Gasteiger partial charge in [-0.25, -0.2) is 4.98 Å². The van der Waals surface area contributed by atoms with Crippen LogP contribution >= 0.6 is 11.6 Å². The summed E-state index contributed by atoms with van der Waals surface area (Å²) in [5, 5.41) is 6.67. The van der Waals surface area contributed by atoms with Gasteiger partial charge in [0.2, 0.25) is 5.91 Å². The van der Waals surface area contributed by atoms with E-state index in [1.54, 1.807) is 29.4 Å². The zero-order chi connectivity index (χ0) is 16.8. The Morgan fingerprint density at radius 1 is 1.17 bits per heavy atom. The monoisotopic (exact) mass is 340 g/mol. The Morgan fingerprint density at radius 3 is 2.71 bits per heavy atom. The number of imidazole rings is 1. The molecule has 3 aromatic rings. The summed E-state index contributed by atoms with van der Waals surface area (Å²) in [6.07, 6.45) is 4.98. The lowest BCUT2D eigenvalue weighted by atomic mass is 10.2. The average molecular weight is 341 g/mol. The van der Waals surface area contributed by atoms with Crippen molar-refractivity contribution in [3.05, 3.63) is 77.8 Å². The van der Waals surface area contributed by atoms with Crippen molar-refractivity contribution in [1.29, 1.82) is 0 Å². The Hall–Kier alpha value is -2.79. The maximum Gasteiger partial charge on any atom is 0.244 e. The fourth-order valence-electron chi connectivity index (χ4n) is 2.28. The number of anilines is 2. The lowest BCUT2D eigenvalue weighted by Gasteiger charge is -2.11. The zero-order valence-electron chi connectivity index (χ0n) is 12.9. The number of nitrogens with one attached hydrogen (secondary N) is 2. The molecule has 122 valence electrons. The van der Waals surface area contributed by atoms with Crippen molar-refractivity contribution in [3.63, 3.8) is 0 Å². The van der Waals surface area contributed by atoms with Crippen LogP contribution in [0.3, 0.4) is 0 Å². The van der Waals surface area contributed by atoms with E-state index >= 15 is 0 Å². The zero-order valence-corrected chi connectivity index (χ0v) is 13.7. The first kappa shape index (κ1) is 16.1. The van der Waals surface area contributed by atoms with Gasteiger partial charge in [0.05, 0.1) is 17.0 Å². The minimum absolute atomic E-state index is 0.130. The molecular weight excluding hydrogens is 324 g/mol. The summed E-state index contributed by atoms with van der Waals surface area (Å²) in [5.74, 6) is -0.130. The molecular formula is C18H17ClN4O. The van der Waals surface area contributed by atoms with Gasteiger partial charge in [-0.15, -0.1) is 0 Å². The third-order valence-corrected chi connectivity index (χ3v) is 3.78. The number of amides is 1. The number of halogens is 1. The Morgan fingerprint density at radius 2 is 2.00 bits per heavy atom. The Bertz CT molecular complexity index is 803. The molecule has 2 N–H and O–H groups in total. The Kier molecular flexibility index (Phi) is 5.13. The van der Waals surface area contributed by atoms with Crippen molar-refractivity contribution in [2.24, 2.45) is 0 Å². The minimum atomic E-state index is -0.130. The van der Waals surface area contributed by atoms with Gasteiger partial charge in [-0.05, 0) is 23.8 Å². The second-order valence-electron chi connectivity index (χ2n) is 5.32. The SMILES string of the molecule is O=C(Cn1ccnc1)Nc1ccc(NCc2ccccc2)c(Cl)c1. The third-order valence-electron chi connectivity index (χ3n) is 3.46. The molecule has 24 heavy (non-hydrogen) atoms. The quantitative estimate of drug-likeness (QED) is 0.717. The van der Waals surface area contributed by atoms with Gasteiger partial charge in [-0.2, -0.15) is 0 Å². The molecule has 3 rings (SSSR count). The first-order valence-electron chi connectivity index (χ1n) is 7.53. The number of carbonyl (C=O) groups is 1. The Labute approximate surface area is 145 Å². The van der Waals surface area contributed by atoms with Crippen LogP contribution in [0.2, 0.25) is 5.02 Å². The fraction of sp³-hybridized carbons (Fsp3) is 0.111. The molecule has 0 saturated heterocycles. The highest BCUT2D eigenvalue weighted by Gasteiger charge is 2.06. The van der Waals surface area contributed by atoms with E-state index in [0.29, 0.717) is 17.3 Å². The number of nitrogens with zero attached hydrogens (tertiary/aromatic N) is 2. The van der Waals surface area contributed by atoms with Crippen molar-refractivity contribution in [3.8, 4) is 0 Å². The molecule has 6 heteroatoms. The second-order valence-corrected chi connectivity index (χ2v) is 5.72. The lowest BCUT2D eigenvalue weighted by Crippen LogP contribution is -2.17. The molecule has 0 unspecified atom stereocenters. The van der Waals surface area contributed by atoms with Crippen LogP contribution in [0, 0.1) is 0 Å². The van der Waals surface area contributed by atoms with Crippen LogP contribution in [0.25, 0.3) is 0 Å². The topological polar surface area (TPSA) is 59.0 Å². The normalized spacial score (nSPS) is 10.4. The van der Waals surface area contributed by atoms with Gasteiger partial charge in [0, 0.05) is 24.6 Å². The van der Waals surface area contributed by atoms with Gasteiger partial charge in [-0.1, -0.05) is 41.9 Å². The average Bonchev–Trinajstić information content (AvgIpc) is 3.08. The van der Waals surface area contributed by atoms with Crippen LogP contribution in [-0.2, 0) is 17.9 Å². The first-order valence-corrected chi connectivity index (χ1v) is 7.91. The minimum Gasteiger partial charge on any atom is -0.380 e. The molecule has 5 nitrogen and oxygen atoms in total. The molecule has 0 saturated carbocycles. The predicted octanol–water partition coefficient (Wildman–Crippen LogP) is 3.79. The van der Waals surface area contributed by atoms with Crippen LogP contribution in [0.5, 0.6) is 0 Å². The standard InChI is InChI=1S/C18H17ClN4O/c19-16-10-15(22-18(24)12-23-9-8-20-13-23)6-7-17(16)21-11-14-4-2-1-3-5-14/h1-10,13,21H,11-12H2,(H,22,24). The van der Waals surface area contributed by atoms with Gasteiger partial charge in [0.1, 0.15) is 6.54 Å². The highest BCUT2D eigenvalue weighted by atomic mass is 35.5. The van der Waals surface area contributed by atoms with E-state index in [0.717, 1.165) is 5.69 Å². The number of carbonyl (C=O) groups excluding carboxylic acids is 1. The summed E-state index contributed by atoms with van der Waals surface area (Å²) in [6.45, 7) is 0.901. The van der Waals surface area contributed by atoms with Crippen LogP contribution in [0.15, 0.2) is 67.3 Å². The molecule has 0 fully saturated rings. The summed E-state index contributed by atoms with van der Waals surface area (Å²) in [5.41, 5.74) is 2.66. The van der Waals surface area contributed by atoms with Crippen LogP contribution in [0.1, 0.15) is 5.56 Å². The van der Waals surface area contributed by atoms with Crippen molar-refractivity contribution in [2.75, 3.05) is 10.6 Å². The molecule has 1 heterocycles. The van der Waals surface area contributed by atoms with Crippen LogP contribution < -0.4 is 10.6 Å². The summed E-state index contributed by atoms with van der Waals surface area (Å²) < 4.78 is 1.70. The number of rotatable bonds is 6. The molecule has 0 bridgehead atoms. The van der Waals surface area contributed by atoms with Gasteiger partial charge in [0.25, 0.3) is 0 Å². The molecule has 2 aromatic carbocycles. The summed E-state index contributed by atoms with van der Waals surface area (Å²) >= 11 is 6.29. The Balaban J connectivity index is 1.58. The van der Waals surface area contributed by atoms with E-state index in [1.165, 1.54) is 5.56 Å². The molecule has 0 aliphatic rings. The van der Waals surface area contributed by atoms with Crippen molar-refractivity contribution in [1.82, 2.24) is 9.55 Å². The highest BCUT2D eigenvalue weighted by molar-refractivity contribution is 6.33. The number of hydrogen-bond donors (Lipinski definition) is 2. The molecule has 0 radical (unpaired) electrons. The molecule has 0 spiro atoms. The first-order chi connectivity index (χ1) is 11.7. The predicted molar refractivity (Wildman–Crippen MR) is 96.1 cm³/mol. The van der Waals surface area contributed by atoms with E-state index < -0.39 is 0 Å². The van der Waals surface area contributed by atoms with E-state index in [-0.39, 0.29) is 12.5 Å². The van der Waals surface area contributed by atoms with Gasteiger partial charge in [-0.3, -0.25) is 4.79 Å². The van der Waals surface area contributed by atoms with E-state index in [1.807, 2.05) is 42.5 Å². The van der Waals surface area contributed by atoms with E-state index in [4.69, 9.17) is 11.6 Å². The number of aromatic nitrogens is 2. The van der Waals surface area contributed by atoms with E-state index in [9.17, 15) is 4.79 Å². The van der Waals surface area contributed by atoms with Gasteiger partial charge in [0.15, 0.2) is 0 Å². The van der Waals surface area contributed by atoms with Crippen molar-refractivity contribution in [2.45, 2.75) is 13.1 Å². The van der Waals surface area contributed by atoms with Gasteiger partial charge < -0.3 is 15.2 Å². The molecule has 0 aliphatic carbocycles. The number of hydrogen-bond acceptors (Lipinski definition) is 3. The van der Waals surface area contributed by atoms with Crippen molar-refractivity contribution >= 4 is 28.9 Å². The molecule has 0 atom stereocenters. The fourth-order valence-corrected chi connectivity index (χ4v) is 2.52. The maximum atomic E-state index is 12.0. The van der Waals surface area contributed by atoms with Crippen molar-refractivity contribution < 1.29 is 4.79 Å². The smallest absolute Gasteiger partial charge is 0.244 e. The maximum absolute atomic E-state index is 12.0. The van der Waals surface area contributed by atoms with Crippen LogP contribution in [0.4, 0.5) is 11.4 Å². The van der Waals surface area contributed by atoms with E-state index in [2.05, 4.69) is 15.6 Å². The largest absolute Gasteiger partial charge is 0.380 e. The van der Waals surface area contributed by atoms with Crippen LogP contribution in [-0.4, -0.2) is 15.5 Å². The molecule has 1 aromatic heterocycles.